The molecule has 0 saturated carbocycles. The van der Waals surface area contributed by atoms with Crippen LogP contribution in [0.25, 0.3) is 0 Å². The number of amides is 1. The van der Waals surface area contributed by atoms with Gasteiger partial charge in [0.1, 0.15) is 6.17 Å². The molecule has 0 aromatic rings. The van der Waals surface area contributed by atoms with E-state index >= 15 is 0 Å². The van der Waals surface area contributed by atoms with Gasteiger partial charge in [-0.1, -0.05) is 25.6 Å². The average molecular weight is 310 g/mol. The maximum absolute atomic E-state index is 13.6. The molecular weight excluding hydrogens is 283 g/mol. The highest BCUT2D eigenvalue weighted by atomic mass is 32.2. The molecule has 0 radical (unpaired) electrons. The van der Waals surface area contributed by atoms with Crippen LogP contribution in [0.1, 0.15) is 20.8 Å². The minimum Gasteiger partial charge on any atom is -0.378 e. The Morgan fingerprint density at radius 2 is 1.95 bits per heavy atom. The summed E-state index contributed by atoms with van der Waals surface area (Å²) < 4.78 is 24.3. The maximum Gasteiger partial charge on any atom is 0.278 e. The molecule has 0 heterocycles. The molecule has 0 saturated heterocycles. The van der Waals surface area contributed by atoms with Gasteiger partial charge in [0.25, 0.3) is 5.24 Å². The van der Waals surface area contributed by atoms with Crippen molar-refractivity contribution in [3.05, 3.63) is 0 Å². The van der Waals surface area contributed by atoms with Gasteiger partial charge >= 0.3 is 0 Å². The molecule has 0 aromatic carbocycles. The molecule has 0 aromatic heterocycles. The Morgan fingerprint density at radius 3 is 2.55 bits per heavy atom. The van der Waals surface area contributed by atoms with Gasteiger partial charge in [0.15, 0.2) is 0 Å². The Balaban J connectivity index is 3.47. The molecule has 0 aliphatic heterocycles. The van der Waals surface area contributed by atoms with Gasteiger partial charge < -0.3 is 20.1 Å². The predicted octanol–water partition coefficient (Wildman–Crippen LogP) is 1.82. The molecular formula is C13H27FN2O3S. The molecule has 0 aliphatic rings. The minimum absolute atomic E-state index is 0.0278. The van der Waals surface area contributed by atoms with Crippen molar-refractivity contribution in [1.82, 2.24) is 10.6 Å². The molecule has 7 heteroatoms. The molecule has 120 valence electrons. The van der Waals surface area contributed by atoms with E-state index in [4.69, 9.17) is 9.47 Å². The SMILES string of the molecule is CSC(=O)NCC(F)C(C)OCCOCCNC(C)C. The largest absolute Gasteiger partial charge is 0.378 e. The summed E-state index contributed by atoms with van der Waals surface area (Å²) in [4.78, 5) is 11.0. The van der Waals surface area contributed by atoms with Gasteiger partial charge in [0, 0.05) is 12.6 Å². The molecule has 0 aliphatic carbocycles. The number of thioether (sulfide) groups is 1. The first kappa shape index (κ1) is 19.6. The highest BCUT2D eigenvalue weighted by molar-refractivity contribution is 8.12. The summed E-state index contributed by atoms with van der Waals surface area (Å²) in [5.74, 6) is 0. The monoisotopic (exact) mass is 310 g/mol. The molecule has 2 atom stereocenters. The zero-order valence-corrected chi connectivity index (χ0v) is 13.6. The number of hydrogen-bond acceptors (Lipinski definition) is 5. The fraction of sp³-hybridized carbons (Fsp3) is 0.923. The predicted molar refractivity (Wildman–Crippen MR) is 81.2 cm³/mol. The lowest BCUT2D eigenvalue weighted by molar-refractivity contribution is -0.0199. The van der Waals surface area contributed by atoms with Gasteiger partial charge in [-0.3, -0.25) is 4.79 Å². The minimum atomic E-state index is -1.21. The Hall–Kier alpha value is -0.370. The van der Waals surface area contributed by atoms with Crippen molar-refractivity contribution in [3.8, 4) is 0 Å². The molecule has 0 spiro atoms. The summed E-state index contributed by atoms with van der Waals surface area (Å²) in [5.41, 5.74) is 0. The zero-order valence-electron chi connectivity index (χ0n) is 12.8. The molecule has 2 N–H and O–H groups in total. The van der Waals surface area contributed by atoms with E-state index in [0.717, 1.165) is 18.3 Å². The van der Waals surface area contributed by atoms with Crippen molar-refractivity contribution in [2.75, 3.05) is 39.2 Å². The molecule has 1 amide bonds. The van der Waals surface area contributed by atoms with Crippen LogP contribution in [-0.2, 0) is 9.47 Å². The fourth-order valence-corrected chi connectivity index (χ4v) is 1.57. The number of ether oxygens (including phenoxy) is 2. The molecule has 20 heavy (non-hydrogen) atoms. The molecule has 0 fully saturated rings. The van der Waals surface area contributed by atoms with Crippen molar-refractivity contribution in [3.63, 3.8) is 0 Å². The number of nitrogens with one attached hydrogen (secondary N) is 2. The normalized spacial score (nSPS) is 14.3. The summed E-state index contributed by atoms with van der Waals surface area (Å²) in [7, 11) is 0. The van der Waals surface area contributed by atoms with Gasteiger partial charge in [-0.15, -0.1) is 0 Å². The summed E-state index contributed by atoms with van der Waals surface area (Å²) >= 11 is 1.03. The Kier molecular flexibility index (Phi) is 12.1. The van der Waals surface area contributed by atoms with Gasteiger partial charge in [0.2, 0.25) is 0 Å². The number of hydrogen-bond donors (Lipinski definition) is 2. The highest BCUT2D eigenvalue weighted by Crippen LogP contribution is 2.03. The quantitative estimate of drug-likeness (QED) is 0.570. The van der Waals surface area contributed by atoms with Crippen molar-refractivity contribution in [2.45, 2.75) is 39.1 Å². The number of carbonyl (C=O) groups is 1. The van der Waals surface area contributed by atoms with E-state index in [0.29, 0.717) is 25.9 Å². The summed E-state index contributed by atoms with van der Waals surface area (Å²) in [6.45, 7) is 7.95. The van der Waals surface area contributed by atoms with E-state index in [1.807, 2.05) is 0 Å². The second kappa shape index (κ2) is 12.4. The third-order valence-corrected chi connectivity index (χ3v) is 3.06. The number of rotatable bonds is 11. The topological polar surface area (TPSA) is 59.6 Å². The van der Waals surface area contributed by atoms with Gasteiger partial charge in [0.05, 0.1) is 32.5 Å². The molecule has 0 rings (SSSR count). The third kappa shape index (κ3) is 11.5. The van der Waals surface area contributed by atoms with E-state index in [1.165, 1.54) is 0 Å². The second-order valence-corrected chi connectivity index (χ2v) is 5.46. The maximum atomic E-state index is 13.6. The lowest BCUT2D eigenvalue weighted by Gasteiger charge is -2.18. The lowest BCUT2D eigenvalue weighted by Crippen LogP contribution is -2.35. The van der Waals surface area contributed by atoms with Crippen molar-refractivity contribution in [2.24, 2.45) is 0 Å². The van der Waals surface area contributed by atoms with Crippen molar-refractivity contribution < 1.29 is 18.7 Å². The van der Waals surface area contributed by atoms with E-state index < -0.39 is 12.3 Å². The van der Waals surface area contributed by atoms with Crippen LogP contribution in [-0.4, -0.2) is 62.7 Å². The van der Waals surface area contributed by atoms with Crippen LogP contribution < -0.4 is 10.6 Å². The number of halogens is 1. The lowest BCUT2D eigenvalue weighted by atomic mass is 10.2. The molecule has 2 unspecified atom stereocenters. The van der Waals surface area contributed by atoms with Crippen molar-refractivity contribution in [1.29, 1.82) is 0 Å². The summed E-state index contributed by atoms with van der Waals surface area (Å²) in [6, 6.07) is 0.443. The van der Waals surface area contributed by atoms with Crippen LogP contribution in [0.15, 0.2) is 0 Å². The average Bonchev–Trinajstić information content (AvgIpc) is 2.42. The third-order valence-electron chi connectivity index (χ3n) is 2.54. The van der Waals surface area contributed by atoms with E-state index in [2.05, 4.69) is 24.5 Å². The number of alkyl halides is 1. The van der Waals surface area contributed by atoms with E-state index in [-0.39, 0.29) is 11.8 Å². The summed E-state index contributed by atoms with van der Waals surface area (Å²) in [6.07, 6.45) is -0.128. The van der Waals surface area contributed by atoms with Gasteiger partial charge in [-0.2, -0.15) is 0 Å². The van der Waals surface area contributed by atoms with Gasteiger partial charge in [-0.05, 0) is 13.2 Å². The van der Waals surface area contributed by atoms with Crippen LogP contribution in [0, 0.1) is 0 Å². The van der Waals surface area contributed by atoms with Crippen LogP contribution in [0.5, 0.6) is 0 Å². The van der Waals surface area contributed by atoms with Crippen LogP contribution in [0.3, 0.4) is 0 Å². The first-order chi connectivity index (χ1) is 9.47. The van der Waals surface area contributed by atoms with Crippen molar-refractivity contribution >= 4 is 17.0 Å². The smallest absolute Gasteiger partial charge is 0.278 e. The van der Waals surface area contributed by atoms with Crippen LogP contribution in [0.4, 0.5) is 9.18 Å². The van der Waals surface area contributed by atoms with E-state index in [9.17, 15) is 9.18 Å². The number of carbonyl (C=O) groups excluding carboxylic acids is 1. The zero-order chi connectivity index (χ0) is 15.4. The first-order valence-corrected chi connectivity index (χ1v) is 8.08. The Morgan fingerprint density at radius 1 is 1.25 bits per heavy atom. The Bertz CT molecular complexity index is 258. The Labute approximate surface area is 125 Å². The molecule has 5 nitrogen and oxygen atoms in total. The first-order valence-electron chi connectivity index (χ1n) is 6.86. The van der Waals surface area contributed by atoms with Crippen LogP contribution >= 0.6 is 11.8 Å². The fourth-order valence-electron chi connectivity index (χ4n) is 1.34. The summed E-state index contributed by atoms with van der Waals surface area (Å²) in [5, 5.41) is 5.46. The second-order valence-electron chi connectivity index (χ2n) is 4.69. The highest BCUT2D eigenvalue weighted by Gasteiger charge is 2.17. The molecule has 0 bridgehead atoms. The standard InChI is InChI=1S/C13H27FN2O3S/c1-10(2)15-5-6-18-7-8-19-11(3)12(14)9-16-13(17)20-4/h10-12,15H,5-9H2,1-4H3,(H,16,17). The van der Waals surface area contributed by atoms with E-state index in [1.54, 1.807) is 13.2 Å². The van der Waals surface area contributed by atoms with Crippen LogP contribution in [0.2, 0.25) is 0 Å². The van der Waals surface area contributed by atoms with Gasteiger partial charge in [-0.25, -0.2) is 4.39 Å².